The van der Waals surface area contributed by atoms with Gasteiger partial charge in [0.2, 0.25) is 5.91 Å². The molecule has 0 bridgehead atoms. The molecule has 0 heterocycles. The van der Waals surface area contributed by atoms with Gasteiger partial charge < -0.3 is 5.32 Å². The highest BCUT2D eigenvalue weighted by Gasteiger charge is 2.03. The Morgan fingerprint density at radius 3 is 2.58 bits per heavy atom. The lowest BCUT2D eigenvalue weighted by atomic mass is 10.1. The Labute approximate surface area is 129 Å². The summed E-state index contributed by atoms with van der Waals surface area (Å²) in [6.45, 7) is 0. The largest absolute Gasteiger partial charge is 0.326 e. The molecular weight excluding hydrogens is 370 g/mol. The Balaban J connectivity index is 2.05. The highest BCUT2D eigenvalue weighted by atomic mass is 79.9. The number of carbonyl (C=O) groups is 1. The number of alkyl halides is 1. The molecule has 100 valence electrons. The molecular formula is C15H15Br2NO. The van der Waals surface area contributed by atoms with E-state index in [9.17, 15) is 4.79 Å². The standard InChI is InChI=1S/C15H15Br2NO/c16-8-2-1-3-15(19)18-14-7-5-11-9-13(17)6-4-12(11)10-14/h4-7,9-10H,1-3,8H2,(H,18,19). The van der Waals surface area contributed by atoms with Gasteiger partial charge in [-0.25, -0.2) is 0 Å². The summed E-state index contributed by atoms with van der Waals surface area (Å²) in [4.78, 5) is 11.7. The number of carbonyl (C=O) groups excluding carboxylic acids is 1. The van der Waals surface area contributed by atoms with E-state index in [0.717, 1.165) is 39.1 Å². The second kappa shape index (κ2) is 7.06. The maximum absolute atomic E-state index is 11.7. The van der Waals surface area contributed by atoms with Gasteiger partial charge in [0, 0.05) is 21.9 Å². The fourth-order valence-electron chi connectivity index (χ4n) is 1.90. The minimum Gasteiger partial charge on any atom is -0.326 e. The summed E-state index contributed by atoms with van der Waals surface area (Å²) in [5.41, 5.74) is 0.860. The minimum absolute atomic E-state index is 0.0809. The number of benzene rings is 2. The van der Waals surface area contributed by atoms with Crippen LogP contribution in [0, 0.1) is 0 Å². The van der Waals surface area contributed by atoms with Crippen molar-refractivity contribution in [2.24, 2.45) is 0 Å². The zero-order chi connectivity index (χ0) is 13.7. The van der Waals surface area contributed by atoms with Gasteiger partial charge in [-0.05, 0) is 47.9 Å². The summed E-state index contributed by atoms with van der Waals surface area (Å²) in [5.74, 6) is 0.0809. The third-order valence-corrected chi connectivity index (χ3v) is 3.93. The highest BCUT2D eigenvalue weighted by molar-refractivity contribution is 9.10. The molecule has 2 rings (SSSR count). The van der Waals surface area contributed by atoms with Gasteiger partial charge in [-0.2, -0.15) is 0 Å². The van der Waals surface area contributed by atoms with Crippen molar-refractivity contribution in [1.82, 2.24) is 0 Å². The first kappa shape index (κ1) is 14.5. The van der Waals surface area contributed by atoms with E-state index in [0.29, 0.717) is 6.42 Å². The predicted molar refractivity (Wildman–Crippen MR) is 87.9 cm³/mol. The molecule has 0 unspecified atom stereocenters. The minimum atomic E-state index is 0.0809. The summed E-state index contributed by atoms with van der Waals surface area (Å²) in [6.07, 6.45) is 2.51. The van der Waals surface area contributed by atoms with E-state index in [-0.39, 0.29) is 5.91 Å². The summed E-state index contributed by atoms with van der Waals surface area (Å²) in [6, 6.07) is 12.1. The number of anilines is 1. The molecule has 0 atom stereocenters. The van der Waals surface area contributed by atoms with Crippen molar-refractivity contribution in [1.29, 1.82) is 0 Å². The molecule has 0 saturated carbocycles. The first-order valence-electron chi connectivity index (χ1n) is 6.24. The van der Waals surface area contributed by atoms with Crippen LogP contribution in [0.15, 0.2) is 40.9 Å². The molecule has 0 fully saturated rings. The fraction of sp³-hybridized carbons (Fsp3) is 0.267. The van der Waals surface area contributed by atoms with Gasteiger partial charge in [-0.3, -0.25) is 4.79 Å². The summed E-state index contributed by atoms with van der Waals surface area (Å²) < 4.78 is 1.06. The van der Waals surface area contributed by atoms with Crippen molar-refractivity contribution in [3.63, 3.8) is 0 Å². The van der Waals surface area contributed by atoms with Crippen molar-refractivity contribution in [3.05, 3.63) is 40.9 Å². The highest BCUT2D eigenvalue weighted by Crippen LogP contribution is 2.23. The van der Waals surface area contributed by atoms with Crippen LogP contribution in [-0.4, -0.2) is 11.2 Å². The topological polar surface area (TPSA) is 29.1 Å². The average molecular weight is 385 g/mol. The van der Waals surface area contributed by atoms with Gasteiger partial charge in [0.15, 0.2) is 0 Å². The molecule has 2 aromatic carbocycles. The van der Waals surface area contributed by atoms with Crippen LogP contribution in [0.5, 0.6) is 0 Å². The molecule has 0 aliphatic carbocycles. The molecule has 0 aromatic heterocycles. The van der Waals surface area contributed by atoms with Gasteiger partial charge in [0.05, 0.1) is 0 Å². The SMILES string of the molecule is O=C(CCCCBr)Nc1ccc2cc(Br)ccc2c1. The summed E-state index contributed by atoms with van der Waals surface area (Å²) >= 11 is 6.82. The third-order valence-electron chi connectivity index (χ3n) is 2.87. The van der Waals surface area contributed by atoms with Crippen LogP contribution in [0.25, 0.3) is 10.8 Å². The maximum atomic E-state index is 11.7. The number of hydrogen-bond acceptors (Lipinski definition) is 1. The Hall–Kier alpha value is -0.870. The number of amides is 1. The zero-order valence-corrected chi connectivity index (χ0v) is 13.6. The van der Waals surface area contributed by atoms with Crippen LogP contribution in [-0.2, 0) is 4.79 Å². The number of rotatable bonds is 5. The van der Waals surface area contributed by atoms with Crippen molar-refractivity contribution < 1.29 is 4.79 Å². The lowest BCUT2D eigenvalue weighted by Gasteiger charge is -2.06. The van der Waals surface area contributed by atoms with Crippen LogP contribution in [0.1, 0.15) is 19.3 Å². The molecule has 0 aliphatic heterocycles. The number of hydrogen-bond donors (Lipinski definition) is 1. The second-order valence-electron chi connectivity index (χ2n) is 4.40. The number of nitrogens with one attached hydrogen (secondary N) is 1. The number of halogens is 2. The first-order chi connectivity index (χ1) is 9.19. The molecule has 19 heavy (non-hydrogen) atoms. The third kappa shape index (κ3) is 4.32. The van der Waals surface area contributed by atoms with E-state index < -0.39 is 0 Å². The molecule has 0 radical (unpaired) electrons. The second-order valence-corrected chi connectivity index (χ2v) is 6.11. The van der Waals surface area contributed by atoms with Crippen LogP contribution in [0.4, 0.5) is 5.69 Å². The van der Waals surface area contributed by atoms with Gasteiger partial charge >= 0.3 is 0 Å². The van der Waals surface area contributed by atoms with E-state index in [1.807, 2.05) is 30.3 Å². The van der Waals surface area contributed by atoms with Gasteiger partial charge in [-0.1, -0.05) is 44.0 Å². The quantitative estimate of drug-likeness (QED) is 0.563. The zero-order valence-electron chi connectivity index (χ0n) is 10.5. The van der Waals surface area contributed by atoms with Crippen LogP contribution in [0.3, 0.4) is 0 Å². The van der Waals surface area contributed by atoms with Gasteiger partial charge in [0.25, 0.3) is 0 Å². The molecule has 0 spiro atoms. The fourth-order valence-corrected chi connectivity index (χ4v) is 2.67. The molecule has 0 saturated heterocycles. The Kier molecular flexibility index (Phi) is 5.40. The van der Waals surface area contributed by atoms with Gasteiger partial charge in [-0.15, -0.1) is 0 Å². The van der Waals surface area contributed by atoms with E-state index >= 15 is 0 Å². The van der Waals surface area contributed by atoms with Crippen molar-refractivity contribution in [2.75, 3.05) is 10.6 Å². The van der Waals surface area contributed by atoms with Crippen LogP contribution >= 0.6 is 31.9 Å². The Morgan fingerprint density at radius 2 is 1.79 bits per heavy atom. The maximum Gasteiger partial charge on any atom is 0.224 e. The number of unbranched alkanes of at least 4 members (excludes halogenated alkanes) is 1. The Morgan fingerprint density at radius 1 is 1.05 bits per heavy atom. The normalized spacial score (nSPS) is 10.6. The lowest BCUT2D eigenvalue weighted by Crippen LogP contribution is -2.10. The molecule has 1 amide bonds. The Bertz CT molecular complexity index is 583. The molecule has 4 heteroatoms. The number of fused-ring (bicyclic) bond motifs is 1. The van der Waals surface area contributed by atoms with E-state index in [2.05, 4.69) is 43.2 Å². The predicted octanol–water partition coefficient (Wildman–Crippen LogP) is 5.11. The molecule has 0 aliphatic rings. The van der Waals surface area contributed by atoms with Crippen molar-refractivity contribution in [2.45, 2.75) is 19.3 Å². The lowest BCUT2D eigenvalue weighted by molar-refractivity contribution is -0.116. The van der Waals surface area contributed by atoms with E-state index in [4.69, 9.17) is 0 Å². The van der Waals surface area contributed by atoms with Crippen LogP contribution < -0.4 is 5.32 Å². The van der Waals surface area contributed by atoms with Crippen molar-refractivity contribution in [3.8, 4) is 0 Å². The van der Waals surface area contributed by atoms with E-state index in [1.54, 1.807) is 0 Å². The summed E-state index contributed by atoms with van der Waals surface area (Å²) in [7, 11) is 0. The molecule has 2 nitrogen and oxygen atoms in total. The monoisotopic (exact) mass is 383 g/mol. The smallest absolute Gasteiger partial charge is 0.224 e. The average Bonchev–Trinajstić information content (AvgIpc) is 2.39. The molecule has 2 aromatic rings. The van der Waals surface area contributed by atoms with Crippen molar-refractivity contribution >= 4 is 54.2 Å². The van der Waals surface area contributed by atoms with E-state index in [1.165, 1.54) is 0 Å². The molecule has 1 N–H and O–H groups in total. The van der Waals surface area contributed by atoms with Crippen LogP contribution in [0.2, 0.25) is 0 Å². The summed E-state index contributed by atoms with van der Waals surface area (Å²) in [5, 5.41) is 6.18. The first-order valence-corrected chi connectivity index (χ1v) is 8.15. The van der Waals surface area contributed by atoms with Gasteiger partial charge in [0.1, 0.15) is 0 Å².